The molecule has 0 amide bonds. The van der Waals surface area contributed by atoms with Crippen LogP contribution in [-0.4, -0.2) is 12.7 Å². The molecular formula is C28H4F16N2O2. The molecular weight excluding hydrogens is 700 g/mol. The molecule has 0 fully saturated rings. The summed E-state index contributed by atoms with van der Waals surface area (Å²) in [6.45, 7) is 0. The Morgan fingerprint density at radius 3 is 0.917 bits per heavy atom. The molecule has 0 aliphatic carbocycles. The molecule has 0 N–H and O–H groups in total. The van der Waals surface area contributed by atoms with Crippen LogP contribution in [0.1, 0.15) is 11.1 Å². The van der Waals surface area contributed by atoms with Gasteiger partial charge in [0, 0.05) is 10.4 Å². The third-order valence-corrected chi connectivity index (χ3v) is 6.17. The zero-order chi connectivity index (χ0) is 36.2. The summed E-state index contributed by atoms with van der Waals surface area (Å²) in [7, 11) is 0. The fourth-order valence-corrected chi connectivity index (χ4v) is 4.27. The first-order valence-corrected chi connectivity index (χ1v) is 11.8. The average molecular weight is 704 g/mol. The zero-order valence-electron chi connectivity index (χ0n) is 22.1. The summed E-state index contributed by atoms with van der Waals surface area (Å²) in [6, 6.07) is 2.46. The largest absolute Gasteiger partial charge is 0.573 e. The normalized spacial score (nSPS) is 13.2. The third-order valence-electron chi connectivity index (χ3n) is 6.17. The van der Waals surface area contributed by atoms with Gasteiger partial charge in [0.2, 0.25) is 11.6 Å². The summed E-state index contributed by atoms with van der Waals surface area (Å²) < 4.78 is 229. The van der Waals surface area contributed by atoms with E-state index in [1.165, 1.54) is 0 Å². The number of halogens is 16. The highest BCUT2D eigenvalue weighted by molar-refractivity contribution is 5.90. The Labute approximate surface area is 253 Å². The maximum absolute atomic E-state index is 14.6. The van der Waals surface area contributed by atoms with Crippen LogP contribution in [-0.2, 0) is 0 Å². The number of ether oxygens (including phenoxy) is 2. The van der Waals surface area contributed by atoms with Gasteiger partial charge in [0.05, 0.1) is 22.3 Å². The van der Waals surface area contributed by atoms with Crippen molar-refractivity contribution in [3.05, 3.63) is 104 Å². The second kappa shape index (κ2) is 12.2. The van der Waals surface area contributed by atoms with Crippen LogP contribution in [0.15, 0.2) is 24.3 Å². The van der Waals surface area contributed by atoms with E-state index in [4.69, 9.17) is 0 Å². The Kier molecular flexibility index (Phi) is 8.93. The molecule has 20 heteroatoms. The summed E-state index contributed by atoms with van der Waals surface area (Å²) >= 11 is 0. The zero-order valence-corrected chi connectivity index (χ0v) is 22.1. The van der Waals surface area contributed by atoms with Gasteiger partial charge in [0.15, 0.2) is 46.5 Å². The summed E-state index contributed by atoms with van der Waals surface area (Å²) in [5.74, 6) is -30.4. The maximum Gasteiger partial charge on any atom is 0.573 e. The molecule has 0 spiro atoms. The van der Waals surface area contributed by atoms with E-state index in [2.05, 4.69) is 9.47 Å². The maximum atomic E-state index is 14.6. The van der Waals surface area contributed by atoms with Crippen molar-refractivity contribution in [1.29, 1.82) is 10.5 Å². The standard InChI is InChI=1S/C28H4F16N2O2/c29-17-15(18(30)22(34)25(37)21(17)33)11(5-45)9-1-7-3-14(48-28(42,43)44)10(2-8(7)4-13(9)47-27(39,40)41)12(6-46)16-19(31)23(35)26(38)24(36)20(16)32/h1-4H/b11-9+,12-10+. The van der Waals surface area contributed by atoms with Crippen molar-refractivity contribution in [2.45, 2.75) is 12.7 Å². The molecule has 0 heterocycles. The van der Waals surface area contributed by atoms with Crippen LogP contribution in [0.3, 0.4) is 0 Å². The smallest absolute Gasteiger partial charge is 0.405 e. The Morgan fingerprint density at radius 1 is 0.438 bits per heavy atom. The molecule has 0 unspecified atom stereocenters. The van der Waals surface area contributed by atoms with Crippen molar-refractivity contribution < 1.29 is 79.7 Å². The Hall–Kier alpha value is -5.66. The number of alkyl halides is 6. The lowest BCUT2D eigenvalue weighted by molar-refractivity contribution is -0.276. The lowest BCUT2D eigenvalue weighted by Crippen LogP contribution is -2.25. The number of benzene rings is 4. The minimum atomic E-state index is -5.78. The molecule has 0 saturated heterocycles. The van der Waals surface area contributed by atoms with Crippen molar-refractivity contribution in [2.24, 2.45) is 0 Å². The Balaban J connectivity index is 2.30. The van der Waals surface area contributed by atoms with Gasteiger partial charge >= 0.3 is 12.7 Å². The number of hydrogen-bond acceptors (Lipinski definition) is 4. The van der Waals surface area contributed by atoms with Crippen LogP contribution in [0.4, 0.5) is 70.2 Å². The second-order valence-electron chi connectivity index (χ2n) is 9.00. The van der Waals surface area contributed by atoms with Crippen LogP contribution in [0.5, 0.6) is 11.5 Å². The van der Waals surface area contributed by atoms with Gasteiger partial charge in [-0.3, -0.25) is 0 Å². The van der Waals surface area contributed by atoms with Crippen molar-refractivity contribution in [1.82, 2.24) is 0 Å². The molecule has 0 radical (unpaired) electrons. The highest BCUT2D eigenvalue weighted by Crippen LogP contribution is 2.33. The van der Waals surface area contributed by atoms with E-state index in [0.717, 1.165) is 12.1 Å². The van der Waals surface area contributed by atoms with E-state index >= 15 is 0 Å². The van der Waals surface area contributed by atoms with Crippen molar-refractivity contribution in [3.8, 4) is 23.6 Å². The van der Waals surface area contributed by atoms with Gasteiger partial charge < -0.3 is 9.47 Å². The minimum absolute atomic E-state index is 0.121. The lowest BCUT2D eigenvalue weighted by Gasteiger charge is -2.15. The summed E-state index contributed by atoms with van der Waals surface area (Å²) in [4.78, 5) is 0. The Morgan fingerprint density at radius 2 is 0.688 bits per heavy atom. The number of fused-ring (bicyclic) bond motifs is 1. The summed E-state index contributed by atoms with van der Waals surface area (Å²) in [6.07, 6.45) is -11.6. The molecule has 4 rings (SSSR count). The fourth-order valence-electron chi connectivity index (χ4n) is 4.27. The first-order valence-electron chi connectivity index (χ1n) is 11.8. The van der Waals surface area contributed by atoms with Gasteiger partial charge in [0.1, 0.15) is 23.6 Å². The van der Waals surface area contributed by atoms with Gasteiger partial charge in [-0.1, -0.05) is 0 Å². The van der Waals surface area contributed by atoms with Gasteiger partial charge in [-0.05, 0) is 35.0 Å². The quantitative estimate of drug-likeness (QED) is 0.126. The number of nitriles is 2. The van der Waals surface area contributed by atoms with E-state index in [-0.39, 0.29) is 24.3 Å². The highest BCUT2D eigenvalue weighted by atomic mass is 19.4. The third kappa shape index (κ3) is 6.20. The molecule has 4 nitrogen and oxygen atoms in total. The number of hydrogen-bond donors (Lipinski definition) is 0. The van der Waals surface area contributed by atoms with E-state index in [9.17, 15) is 80.8 Å². The van der Waals surface area contributed by atoms with Gasteiger partial charge in [0.25, 0.3) is 0 Å². The minimum Gasteiger partial charge on any atom is -0.405 e. The summed E-state index contributed by atoms with van der Waals surface area (Å²) in [5, 5.41) is 14.5. The number of rotatable bonds is 4. The van der Waals surface area contributed by atoms with Crippen LogP contribution in [0.25, 0.3) is 21.9 Å². The molecule has 0 aliphatic heterocycles. The average Bonchev–Trinajstić information content (AvgIpc) is 2.99. The van der Waals surface area contributed by atoms with Crippen molar-refractivity contribution in [2.75, 3.05) is 0 Å². The van der Waals surface area contributed by atoms with E-state index < -0.39 is 126 Å². The van der Waals surface area contributed by atoms with E-state index in [1.807, 2.05) is 0 Å². The SMILES string of the molecule is N#C/C(c1c(F)c(F)c(F)c(F)c1F)=c1/cc2cc(OC(F)(F)F)/c(=C(\C#N)c3c(F)c(F)c(F)c(F)c3F)cc2cc1OC(F)(F)F. The van der Waals surface area contributed by atoms with E-state index in [1.54, 1.807) is 0 Å². The molecule has 48 heavy (non-hydrogen) atoms. The van der Waals surface area contributed by atoms with Crippen LogP contribution < -0.4 is 19.9 Å². The van der Waals surface area contributed by atoms with Crippen LogP contribution in [0.2, 0.25) is 0 Å². The van der Waals surface area contributed by atoms with Crippen molar-refractivity contribution in [3.63, 3.8) is 0 Å². The lowest BCUT2D eigenvalue weighted by atomic mass is 9.97. The number of nitrogens with zero attached hydrogens (tertiary/aromatic N) is 2. The van der Waals surface area contributed by atoms with Crippen LogP contribution in [0, 0.1) is 80.8 Å². The summed E-state index contributed by atoms with van der Waals surface area (Å²) in [5.41, 5.74) is -7.71. The molecule has 0 bridgehead atoms. The molecule has 4 aromatic rings. The first-order chi connectivity index (χ1) is 22.1. The molecule has 0 atom stereocenters. The van der Waals surface area contributed by atoms with Crippen LogP contribution >= 0.6 is 0 Å². The predicted molar refractivity (Wildman–Crippen MR) is 125 cm³/mol. The second-order valence-corrected chi connectivity index (χ2v) is 9.00. The van der Waals surface area contributed by atoms with Crippen molar-refractivity contribution >= 4 is 21.9 Å². The van der Waals surface area contributed by atoms with Gasteiger partial charge in [-0.25, -0.2) is 43.9 Å². The first kappa shape index (κ1) is 35.2. The molecule has 250 valence electrons. The molecule has 0 aliphatic rings. The van der Waals surface area contributed by atoms with E-state index in [0.29, 0.717) is 0 Å². The predicted octanol–water partition coefficient (Wildman–Crippen LogP) is 7.47. The monoisotopic (exact) mass is 704 g/mol. The molecule has 4 aromatic carbocycles. The van der Waals surface area contributed by atoms with Gasteiger partial charge in [-0.2, -0.15) is 10.5 Å². The molecule has 0 aromatic heterocycles. The fraction of sp³-hybridized carbons (Fsp3) is 0.0714. The molecule has 0 saturated carbocycles. The Bertz CT molecular complexity index is 2030. The highest BCUT2D eigenvalue weighted by Gasteiger charge is 2.36. The topological polar surface area (TPSA) is 66.0 Å². The van der Waals surface area contributed by atoms with Gasteiger partial charge in [-0.15, -0.1) is 26.3 Å².